The summed E-state index contributed by atoms with van der Waals surface area (Å²) in [5, 5.41) is 2.98. The average molecular weight is 447 g/mol. The van der Waals surface area contributed by atoms with Crippen LogP contribution in [0, 0.1) is 12.7 Å². The van der Waals surface area contributed by atoms with Crippen LogP contribution in [-0.2, 0) is 29.0 Å². The molecule has 1 N–H and O–H groups in total. The standard InChI is InChI=1S/C28H31FN2O2/c1-3-17-30-28(33)26(18-22-10-5-4-6-11-22)31(20-24-12-8-7-9-21(24)2)27(32)19-23-13-15-25(29)16-14-23/h4-16,26H,3,17-20H2,1-2H3,(H,30,33)/t26-/m1/s1. The van der Waals surface area contributed by atoms with E-state index >= 15 is 0 Å². The number of carbonyl (C=O) groups is 2. The lowest BCUT2D eigenvalue weighted by atomic mass is 10.0. The van der Waals surface area contributed by atoms with Crippen LogP contribution in [-0.4, -0.2) is 29.3 Å². The highest BCUT2D eigenvalue weighted by atomic mass is 19.1. The molecule has 0 fully saturated rings. The third-order valence-corrected chi connectivity index (χ3v) is 5.69. The van der Waals surface area contributed by atoms with Crippen molar-refractivity contribution in [2.75, 3.05) is 6.54 Å². The molecule has 4 nitrogen and oxygen atoms in total. The van der Waals surface area contributed by atoms with Gasteiger partial charge in [0.15, 0.2) is 0 Å². The molecule has 172 valence electrons. The highest BCUT2D eigenvalue weighted by Gasteiger charge is 2.30. The van der Waals surface area contributed by atoms with Crippen molar-refractivity contribution in [2.45, 2.75) is 45.7 Å². The molecule has 0 aliphatic rings. The molecule has 0 heterocycles. The first kappa shape index (κ1) is 24.2. The van der Waals surface area contributed by atoms with Gasteiger partial charge < -0.3 is 10.2 Å². The van der Waals surface area contributed by atoms with E-state index in [4.69, 9.17) is 0 Å². The molecule has 0 saturated carbocycles. The van der Waals surface area contributed by atoms with Gasteiger partial charge in [-0.05, 0) is 47.7 Å². The second-order valence-electron chi connectivity index (χ2n) is 8.25. The number of amides is 2. The van der Waals surface area contributed by atoms with Crippen LogP contribution >= 0.6 is 0 Å². The third kappa shape index (κ3) is 7.01. The van der Waals surface area contributed by atoms with E-state index in [0.717, 1.165) is 23.1 Å². The molecule has 0 saturated heterocycles. The summed E-state index contributed by atoms with van der Waals surface area (Å²) in [6.07, 6.45) is 1.32. The van der Waals surface area contributed by atoms with E-state index in [2.05, 4.69) is 5.32 Å². The number of nitrogens with one attached hydrogen (secondary N) is 1. The number of hydrogen-bond donors (Lipinski definition) is 1. The Labute approximate surface area is 195 Å². The monoisotopic (exact) mass is 446 g/mol. The molecule has 2 amide bonds. The minimum Gasteiger partial charge on any atom is -0.354 e. The first-order valence-electron chi connectivity index (χ1n) is 11.4. The fraction of sp³-hybridized carbons (Fsp3) is 0.286. The van der Waals surface area contributed by atoms with Gasteiger partial charge in [-0.1, -0.05) is 73.7 Å². The maximum absolute atomic E-state index is 13.6. The van der Waals surface area contributed by atoms with Crippen molar-refractivity contribution in [3.05, 3.63) is 107 Å². The van der Waals surface area contributed by atoms with E-state index in [0.29, 0.717) is 25.1 Å². The van der Waals surface area contributed by atoms with Gasteiger partial charge in [-0.15, -0.1) is 0 Å². The summed E-state index contributed by atoms with van der Waals surface area (Å²) in [5.74, 6) is -0.678. The Morgan fingerprint density at radius 2 is 1.58 bits per heavy atom. The van der Waals surface area contributed by atoms with Crippen LogP contribution in [0.3, 0.4) is 0 Å². The van der Waals surface area contributed by atoms with E-state index < -0.39 is 6.04 Å². The lowest BCUT2D eigenvalue weighted by molar-refractivity contribution is -0.140. The molecular weight excluding hydrogens is 415 g/mol. The zero-order valence-electron chi connectivity index (χ0n) is 19.3. The zero-order valence-corrected chi connectivity index (χ0v) is 19.3. The molecule has 5 heteroatoms. The first-order chi connectivity index (χ1) is 16.0. The molecule has 3 aromatic carbocycles. The van der Waals surface area contributed by atoms with Gasteiger partial charge in [0, 0.05) is 19.5 Å². The maximum Gasteiger partial charge on any atom is 0.243 e. The Bertz CT molecular complexity index is 1050. The van der Waals surface area contributed by atoms with E-state index in [1.165, 1.54) is 12.1 Å². The molecular formula is C28H31FN2O2. The number of rotatable bonds is 10. The third-order valence-electron chi connectivity index (χ3n) is 5.69. The predicted octanol–water partition coefficient (Wildman–Crippen LogP) is 4.84. The fourth-order valence-electron chi connectivity index (χ4n) is 3.77. The predicted molar refractivity (Wildman–Crippen MR) is 129 cm³/mol. The van der Waals surface area contributed by atoms with Crippen LogP contribution < -0.4 is 5.32 Å². The topological polar surface area (TPSA) is 49.4 Å². The van der Waals surface area contributed by atoms with Gasteiger partial charge in [0.2, 0.25) is 11.8 Å². The SMILES string of the molecule is CCCNC(=O)[C@@H](Cc1ccccc1)N(Cc1ccccc1C)C(=O)Cc1ccc(F)cc1. The largest absolute Gasteiger partial charge is 0.354 e. The van der Waals surface area contributed by atoms with Gasteiger partial charge in [0.05, 0.1) is 6.42 Å². The quantitative estimate of drug-likeness (QED) is 0.484. The molecule has 0 unspecified atom stereocenters. The minimum atomic E-state index is -0.661. The van der Waals surface area contributed by atoms with Crippen LogP contribution in [0.5, 0.6) is 0 Å². The summed E-state index contributed by atoms with van der Waals surface area (Å²) < 4.78 is 13.4. The molecule has 0 aliphatic carbocycles. The van der Waals surface area contributed by atoms with Crippen molar-refractivity contribution in [2.24, 2.45) is 0 Å². The fourth-order valence-corrected chi connectivity index (χ4v) is 3.77. The summed E-state index contributed by atoms with van der Waals surface area (Å²) in [4.78, 5) is 28.5. The number of benzene rings is 3. The second kappa shape index (κ2) is 12.0. The maximum atomic E-state index is 13.6. The summed E-state index contributed by atoms with van der Waals surface area (Å²) in [5.41, 5.74) is 3.75. The van der Waals surface area contributed by atoms with Crippen molar-refractivity contribution in [1.82, 2.24) is 10.2 Å². The number of aryl methyl sites for hydroxylation is 1. The Hall–Kier alpha value is -3.47. The average Bonchev–Trinajstić information content (AvgIpc) is 2.83. The summed E-state index contributed by atoms with van der Waals surface area (Å²) in [6.45, 7) is 4.87. The second-order valence-corrected chi connectivity index (χ2v) is 8.25. The normalized spacial score (nSPS) is 11.6. The summed E-state index contributed by atoms with van der Waals surface area (Å²) in [6, 6.07) is 22.9. The van der Waals surface area contributed by atoms with Crippen LogP contribution in [0.2, 0.25) is 0 Å². The number of halogens is 1. The van der Waals surface area contributed by atoms with Crippen molar-refractivity contribution in [1.29, 1.82) is 0 Å². The Balaban J connectivity index is 1.95. The highest BCUT2D eigenvalue weighted by molar-refractivity contribution is 5.88. The van der Waals surface area contributed by atoms with Crippen LogP contribution in [0.4, 0.5) is 4.39 Å². The van der Waals surface area contributed by atoms with Gasteiger partial charge in [0.1, 0.15) is 11.9 Å². The molecule has 0 bridgehead atoms. The number of carbonyl (C=O) groups excluding carboxylic acids is 2. The van der Waals surface area contributed by atoms with E-state index in [-0.39, 0.29) is 24.1 Å². The molecule has 0 aliphatic heterocycles. The Kier molecular flexibility index (Phi) is 8.76. The molecule has 1 atom stereocenters. The van der Waals surface area contributed by atoms with Gasteiger partial charge in [-0.2, -0.15) is 0 Å². The number of hydrogen-bond acceptors (Lipinski definition) is 2. The summed E-state index contributed by atoms with van der Waals surface area (Å²) in [7, 11) is 0. The van der Waals surface area contributed by atoms with Crippen molar-refractivity contribution in [3.8, 4) is 0 Å². The Morgan fingerprint density at radius 3 is 2.24 bits per heavy atom. The molecule has 3 aromatic rings. The summed E-state index contributed by atoms with van der Waals surface area (Å²) >= 11 is 0. The van der Waals surface area contributed by atoms with E-state index in [9.17, 15) is 14.0 Å². The minimum absolute atomic E-state index is 0.0957. The van der Waals surface area contributed by atoms with E-state index in [1.807, 2.05) is 68.4 Å². The van der Waals surface area contributed by atoms with Crippen LogP contribution in [0.1, 0.15) is 35.6 Å². The van der Waals surface area contributed by atoms with Crippen molar-refractivity contribution >= 4 is 11.8 Å². The van der Waals surface area contributed by atoms with E-state index in [1.54, 1.807) is 17.0 Å². The Morgan fingerprint density at radius 1 is 0.909 bits per heavy atom. The van der Waals surface area contributed by atoms with Crippen LogP contribution in [0.25, 0.3) is 0 Å². The molecule has 33 heavy (non-hydrogen) atoms. The zero-order chi connectivity index (χ0) is 23.6. The van der Waals surface area contributed by atoms with Gasteiger partial charge in [0.25, 0.3) is 0 Å². The molecule has 0 radical (unpaired) electrons. The van der Waals surface area contributed by atoms with Gasteiger partial charge in [-0.3, -0.25) is 9.59 Å². The molecule has 0 spiro atoms. The van der Waals surface area contributed by atoms with Crippen molar-refractivity contribution in [3.63, 3.8) is 0 Å². The smallest absolute Gasteiger partial charge is 0.243 e. The van der Waals surface area contributed by atoms with Crippen molar-refractivity contribution < 1.29 is 14.0 Å². The number of nitrogens with zero attached hydrogens (tertiary/aromatic N) is 1. The van der Waals surface area contributed by atoms with Gasteiger partial charge >= 0.3 is 0 Å². The highest BCUT2D eigenvalue weighted by Crippen LogP contribution is 2.18. The van der Waals surface area contributed by atoms with Gasteiger partial charge in [-0.25, -0.2) is 4.39 Å². The van der Waals surface area contributed by atoms with Crippen LogP contribution in [0.15, 0.2) is 78.9 Å². The molecule has 3 rings (SSSR count). The molecule has 0 aromatic heterocycles. The first-order valence-corrected chi connectivity index (χ1v) is 11.4. The lowest BCUT2D eigenvalue weighted by Gasteiger charge is -2.32. The lowest BCUT2D eigenvalue weighted by Crippen LogP contribution is -2.51.